The summed E-state index contributed by atoms with van der Waals surface area (Å²) in [6.45, 7) is 7.19. The number of nitrogens with one attached hydrogen (secondary N) is 1. The summed E-state index contributed by atoms with van der Waals surface area (Å²) in [6, 6.07) is 0.364. The summed E-state index contributed by atoms with van der Waals surface area (Å²) >= 11 is 1.64. The van der Waals surface area contributed by atoms with Crippen LogP contribution in [0.3, 0.4) is 0 Å². The quantitative estimate of drug-likeness (QED) is 0.756. The van der Waals surface area contributed by atoms with Gasteiger partial charge in [-0.05, 0) is 12.8 Å². The van der Waals surface area contributed by atoms with Crippen LogP contribution in [-0.2, 0) is 0 Å². The van der Waals surface area contributed by atoms with Crippen LogP contribution in [0.4, 0.5) is 5.95 Å². The highest BCUT2D eigenvalue weighted by Crippen LogP contribution is 2.20. The third-order valence-electron chi connectivity index (χ3n) is 2.31. The van der Waals surface area contributed by atoms with Crippen LogP contribution < -0.4 is 10.1 Å². The topological polar surface area (TPSA) is 59.9 Å². The zero-order chi connectivity index (χ0) is 12.7. The summed E-state index contributed by atoms with van der Waals surface area (Å²) in [4.78, 5) is 12.7. The first-order valence-electron chi connectivity index (χ1n) is 5.86. The molecule has 1 aromatic rings. The Morgan fingerprint density at radius 1 is 1.29 bits per heavy atom. The van der Waals surface area contributed by atoms with Crippen LogP contribution in [0.25, 0.3) is 0 Å². The zero-order valence-corrected chi connectivity index (χ0v) is 11.7. The molecule has 0 aromatic carbocycles. The molecule has 1 N–H and O–H groups in total. The van der Waals surface area contributed by atoms with Crippen LogP contribution in [0, 0.1) is 5.92 Å². The minimum Gasteiger partial charge on any atom is -0.467 e. The Labute approximate surface area is 107 Å². The van der Waals surface area contributed by atoms with Crippen LogP contribution >= 0.6 is 11.8 Å². The fourth-order valence-electron chi connectivity index (χ4n) is 1.07. The SMILES string of the molecule is CCNc1nc(OC)nc(SCC(C)CC)n1. The standard InChI is InChI=1S/C11H20N4OS/c1-5-8(3)7-17-11-14-9(12-6-2)13-10(15-11)16-4/h8H,5-7H2,1-4H3,(H,12,13,14,15). The minimum atomic E-state index is 0.364. The molecule has 0 amide bonds. The van der Waals surface area contributed by atoms with E-state index in [9.17, 15) is 0 Å². The predicted octanol–water partition coefficient (Wildman–Crippen LogP) is 2.45. The molecule has 0 bridgehead atoms. The Morgan fingerprint density at radius 3 is 2.65 bits per heavy atom. The summed E-state index contributed by atoms with van der Waals surface area (Å²) in [6.07, 6.45) is 1.16. The fourth-order valence-corrected chi connectivity index (χ4v) is 2.03. The maximum atomic E-state index is 5.06. The summed E-state index contributed by atoms with van der Waals surface area (Å²) in [5.74, 6) is 2.24. The van der Waals surface area contributed by atoms with Gasteiger partial charge in [-0.1, -0.05) is 32.0 Å². The molecule has 17 heavy (non-hydrogen) atoms. The first-order chi connectivity index (χ1) is 8.19. The first kappa shape index (κ1) is 14.0. The number of anilines is 1. The number of hydrogen-bond acceptors (Lipinski definition) is 6. The number of hydrogen-bond donors (Lipinski definition) is 1. The Bertz CT molecular complexity index is 348. The van der Waals surface area contributed by atoms with Crippen molar-refractivity contribution in [3.63, 3.8) is 0 Å². The van der Waals surface area contributed by atoms with Gasteiger partial charge in [-0.2, -0.15) is 15.0 Å². The second-order valence-electron chi connectivity index (χ2n) is 3.78. The van der Waals surface area contributed by atoms with Crippen molar-refractivity contribution in [1.82, 2.24) is 15.0 Å². The van der Waals surface area contributed by atoms with Crippen molar-refractivity contribution in [1.29, 1.82) is 0 Å². The number of aromatic nitrogens is 3. The van der Waals surface area contributed by atoms with E-state index in [0.29, 0.717) is 23.0 Å². The highest BCUT2D eigenvalue weighted by Gasteiger charge is 2.08. The van der Waals surface area contributed by atoms with Gasteiger partial charge in [-0.3, -0.25) is 0 Å². The number of methoxy groups -OCH3 is 1. The van der Waals surface area contributed by atoms with Crippen molar-refractivity contribution in [2.75, 3.05) is 24.7 Å². The molecule has 0 aliphatic heterocycles. The Hall–Kier alpha value is -1.04. The zero-order valence-electron chi connectivity index (χ0n) is 10.9. The third kappa shape index (κ3) is 4.77. The molecule has 1 unspecified atom stereocenters. The lowest BCUT2D eigenvalue weighted by Gasteiger charge is -2.08. The van der Waals surface area contributed by atoms with Crippen molar-refractivity contribution >= 4 is 17.7 Å². The van der Waals surface area contributed by atoms with Crippen molar-refractivity contribution in [3.05, 3.63) is 0 Å². The van der Waals surface area contributed by atoms with Gasteiger partial charge in [0.15, 0.2) is 5.16 Å². The Morgan fingerprint density at radius 2 is 2.06 bits per heavy atom. The van der Waals surface area contributed by atoms with E-state index in [-0.39, 0.29) is 0 Å². The summed E-state index contributed by atoms with van der Waals surface area (Å²) in [7, 11) is 1.56. The van der Waals surface area contributed by atoms with Gasteiger partial charge >= 0.3 is 6.01 Å². The molecule has 0 fully saturated rings. The number of thioether (sulfide) groups is 1. The van der Waals surface area contributed by atoms with E-state index in [1.165, 1.54) is 0 Å². The Kier molecular flexibility index (Phi) is 6.04. The van der Waals surface area contributed by atoms with Crippen molar-refractivity contribution < 1.29 is 4.74 Å². The molecule has 0 spiro atoms. The lowest BCUT2D eigenvalue weighted by Crippen LogP contribution is -2.06. The average molecular weight is 256 g/mol. The molecule has 1 atom stereocenters. The van der Waals surface area contributed by atoms with Gasteiger partial charge in [0.1, 0.15) is 0 Å². The molecule has 6 heteroatoms. The summed E-state index contributed by atoms with van der Waals surface area (Å²) < 4.78 is 5.06. The van der Waals surface area contributed by atoms with E-state index in [2.05, 4.69) is 34.1 Å². The molecule has 96 valence electrons. The normalized spacial score (nSPS) is 12.2. The summed E-state index contributed by atoms with van der Waals surface area (Å²) in [5, 5.41) is 3.78. The molecule has 5 nitrogen and oxygen atoms in total. The molecular formula is C11H20N4OS. The smallest absolute Gasteiger partial charge is 0.321 e. The molecule has 0 aliphatic rings. The van der Waals surface area contributed by atoms with Gasteiger partial charge < -0.3 is 10.1 Å². The van der Waals surface area contributed by atoms with Gasteiger partial charge in [0.2, 0.25) is 5.95 Å². The van der Waals surface area contributed by atoms with Gasteiger partial charge in [0.05, 0.1) is 7.11 Å². The second-order valence-corrected chi connectivity index (χ2v) is 4.77. The van der Waals surface area contributed by atoms with Gasteiger partial charge in [0.25, 0.3) is 0 Å². The van der Waals surface area contributed by atoms with Gasteiger partial charge in [-0.15, -0.1) is 0 Å². The molecule has 0 saturated carbocycles. The van der Waals surface area contributed by atoms with Crippen molar-refractivity contribution in [3.8, 4) is 6.01 Å². The molecule has 1 rings (SSSR count). The lowest BCUT2D eigenvalue weighted by atomic mass is 10.2. The lowest BCUT2D eigenvalue weighted by molar-refractivity contribution is 0.373. The van der Waals surface area contributed by atoms with Crippen molar-refractivity contribution in [2.45, 2.75) is 32.3 Å². The van der Waals surface area contributed by atoms with E-state index in [1.54, 1.807) is 18.9 Å². The van der Waals surface area contributed by atoms with E-state index in [1.807, 2.05) is 6.92 Å². The summed E-state index contributed by atoms with van der Waals surface area (Å²) in [5.41, 5.74) is 0. The number of ether oxygens (including phenoxy) is 1. The van der Waals surface area contributed by atoms with Crippen LogP contribution in [0.15, 0.2) is 5.16 Å². The molecule has 1 aromatic heterocycles. The highest BCUT2D eigenvalue weighted by molar-refractivity contribution is 7.99. The molecule has 0 radical (unpaired) electrons. The van der Waals surface area contributed by atoms with E-state index < -0.39 is 0 Å². The van der Waals surface area contributed by atoms with Gasteiger partial charge in [-0.25, -0.2) is 0 Å². The highest BCUT2D eigenvalue weighted by atomic mass is 32.2. The van der Waals surface area contributed by atoms with Crippen LogP contribution in [-0.4, -0.2) is 34.4 Å². The van der Waals surface area contributed by atoms with Crippen molar-refractivity contribution in [2.24, 2.45) is 5.92 Å². The monoisotopic (exact) mass is 256 g/mol. The van der Waals surface area contributed by atoms with Crippen LogP contribution in [0.1, 0.15) is 27.2 Å². The second kappa shape index (κ2) is 7.32. The first-order valence-corrected chi connectivity index (χ1v) is 6.84. The maximum Gasteiger partial charge on any atom is 0.321 e. The third-order valence-corrected chi connectivity index (χ3v) is 3.48. The van der Waals surface area contributed by atoms with Crippen LogP contribution in [0.5, 0.6) is 6.01 Å². The largest absolute Gasteiger partial charge is 0.467 e. The van der Waals surface area contributed by atoms with E-state index in [4.69, 9.17) is 4.74 Å². The molecule has 0 saturated heterocycles. The molecule has 0 aliphatic carbocycles. The van der Waals surface area contributed by atoms with E-state index in [0.717, 1.165) is 18.7 Å². The van der Waals surface area contributed by atoms with Gasteiger partial charge in [0, 0.05) is 12.3 Å². The average Bonchev–Trinajstić information content (AvgIpc) is 2.36. The number of rotatable bonds is 7. The Balaban J connectivity index is 2.72. The predicted molar refractivity (Wildman–Crippen MR) is 70.7 cm³/mol. The fraction of sp³-hybridized carbons (Fsp3) is 0.727. The maximum absolute atomic E-state index is 5.06. The molecule has 1 heterocycles. The minimum absolute atomic E-state index is 0.364. The van der Waals surface area contributed by atoms with E-state index >= 15 is 0 Å². The number of nitrogens with zero attached hydrogens (tertiary/aromatic N) is 3. The molecular weight excluding hydrogens is 236 g/mol. The van der Waals surface area contributed by atoms with Crippen LogP contribution in [0.2, 0.25) is 0 Å².